The van der Waals surface area contributed by atoms with Gasteiger partial charge in [0, 0.05) is 18.3 Å². The summed E-state index contributed by atoms with van der Waals surface area (Å²) in [5.41, 5.74) is 0.854. The van der Waals surface area contributed by atoms with E-state index in [0.717, 1.165) is 0 Å². The minimum absolute atomic E-state index is 0.0943. The number of likely N-dealkylation sites (N-methyl/N-ethyl adjacent to an activating group) is 1. The number of esters is 1. The Labute approximate surface area is 155 Å². The summed E-state index contributed by atoms with van der Waals surface area (Å²) in [5.74, 6) is -0.596. The summed E-state index contributed by atoms with van der Waals surface area (Å²) in [4.78, 5) is 34.5. The smallest absolute Gasteiger partial charge is 0.343 e. The molecule has 0 saturated carbocycles. The molecule has 2 rings (SSSR count). The van der Waals surface area contributed by atoms with Gasteiger partial charge < -0.3 is 4.74 Å². The van der Waals surface area contributed by atoms with E-state index in [4.69, 9.17) is 16.3 Å². The molecule has 0 aliphatic heterocycles. The van der Waals surface area contributed by atoms with Gasteiger partial charge in [0.1, 0.15) is 5.56 Å². The number of halogens is 1. The van der Waals surface area contributed by atoms with Crippen molar-refractivity contribution in [3.63, 3.8) is 0 Å². The first-order valence-electron chi connectivity index (χ1n) is 7.56. The van der Waals surface area contributed by atoms with Crippen LogP contribution in [0.4, 0.5) is 5.82 Å². The van der Waals surface area contributed by atoms with Crippen LogP contribution in [-0.4, -0.2) is 41.8 Å². The summed E-state index contributed by atoms with van der Waals surface area (Å²) in [6.07, 6.45) is 3.29. The molecule has 0 spiro atoms. The van der Waals surface area contributed by atoms with E-state index < -0.39 is 5.97 Å². The van der Waals surface area contributed by atoms with Gasteiger partial charge in [0.15, 0.2) is 11.0 Å². The Bertz CT molecular complexity index is 785. The minimum Gasteiger partial charge on any atom is -0.462 e. The third kappa shape index (κ3) is 4.70. The Morgan fingerprint density at radius 2 is 2.04 bits per heavy atom. The standard InChI is InChI=1S/C17H18ClN3O3S/c1-4-24-16(23)12-10-19-17(25-3)20-15(12)21(2)14(22)9-11-7-5-6-8-13(11)18/h5-8,10H,4,9H2,1-3H3. The lowest BCUT2D eigenvalue weighted by molar-refractivity contribution is -0.117. The topological polar surface area (TPSA) is 72.4 Å². The molecule has 1 aromatic carbocycles. The van der Waals surface area contributed by atoms with E-state index in [1.807, 2.05) is 12.3 Å². The Balaban J connectivity index is 2.33. The van der Waals surface area contributed by atoms with Crippen LogP contribution in [0.25, 0.3) is 0 Å². The van der Waals surface area contributed by atoms with E-state index in [1.165, 1.54) is 22.9 Å². The van der Waals surface area contributed by atoms with Crippen LogP contribution in [0.1, 0.15) is 22.8 Å². The van der Waals surface area contributed by atoms with Gasteiger partial charge >= 0.3 is 5.97 Å². The highest BCUT2D eigenvalue weighted by Crippen LogP contribution is 2.23. The number of hydrogen-bond acceptors (Lipinski definition) is 6. The van der Waals surface area contributed by atoms with Crippen LogP contribution in [0, 0.1) is 0 Å². The SMILES string of the molecule is CCOC(=O)c1cnc(SC)nc1N(C)C(=O)Cc1ccccc1Cl. The molecule has 0 fully saturated rings. The summed E-state index contributed by atoms with van der Waals surface area (Å²) >= 11 is 7.43. The highest BCUT2D eigenvalue weighted by atomic mass is 35.5. The van der Waals surface area contributed by atoms with Crippen LogP contribution < -0.4 is 4.90 Å². The van der Waals surface area contributed by atoms with Gasteiger partial charge in [-0.05, 0) is 24.8 Å². The van der Waals surface area contributed by atoms with Gasteiger partial charge in [0.05, 0.1) is 13.0 Å². The molecule has 132 valence electrons. The van der Waals surface area contributed by atoms with Crippen molar-refractivity contribution in [1.82, 2.24) is 9.97 Å². The summed E-state index contributed by atoms with van der Waals surface area (Å²) in [6, 6.07) is 7.13. The van der Waals surface area contributed by atoms with Crippen molar-refractivity contribution in [2.24, 2.45) is 0 Å². The number of carbonyl (C=O) groups is 2. The third-order valence-electron chi connectivity index (χ3n) is 3.42. The van der Waals surface area contributed by atoms with Crippen LogP contribution in [0.5, 0.6) is 0 Å². The predicted molar refractivity (Wildman–Crippen MR) is 98.3 cm³/mol. The van der Waals surface area contributed by atoms with E-state index in [9.17, 15) is 9.59 Å². The molecule has 0 saturated heterocycles. The van der Waals surface area contributed by atoms with Crippen molar-refractivity contribution in [2.75, 3.05) is 24.8 Å². The molecule has 0 aliphatic carbocycles. The molecular formula is C17H18ClN3O3S. The van der Waals surface area contributed by atoms with Crippen LogP contribution in [0.3, 0.4) is 0 Å². The van der Waals surface area contributed by atoms with Crippen LogP contribution in [0.2, 0.25) is 5.02 Å². The zero-order chi connectivity index (χ0) is 18.4. The lowest BCUT2D eigenvalue weighted by Gasteiger charge is -2.19. The maximum absolute atomic E-state index is 12.6. The van der Waals surface area contributed by atoms with Gasteiger partial charge in [-0.2, -0.15) is 0 Å². The number of nitrogens with zero attached hydrogens (tertiary/aromatic N) is 3. The Hall–Kier alpha value is -2.12. The Morgan fingerprint density at radius 1 is 1.32 bits per heavy atom. The number of benzene rings is 1. The maximum atomic E-state index is 12.6. The largest absolute Gasteiger partial charge is 0.462 e. The molecule has 1 heterocycles. The minimum atomic E-state index is -0.567. The summed E-state index contributed by atoms with van der Waals surface area (Å²) in [5, 5.41) is 0.975. The molecule has 25 heavy (non-hydrogen) atoms. The fourth-order valence-corrected chi connectivity index (χ4v) is 2.64. The number of amides is 1. The fourth-order valence-electron chi connectivity index (χ4n) is 2.11. The second-order valence-electron chi connectivity index (χ2n) is 5.04. The van der Waals surface area contributed by atoms with Gasteiger partial charge in [-0.15, -0.1) is 0 Å². The highest BCUT2D eigenvalue weighted by molar-refractivity contribution is 7.98. The molecule has 0 radical (unpaired) electrons. The van der Waals surface area contributed by atoms with Crippen molar-refractivity contribution in [2.45, 2.75) is 18.5 Å². The third-order valence-corrected chi connectivity index (χ3v) is 4.35. The molecule has 0 bridgehead atoms. The number of thioether (sulfide) groups is 1. The van der Waals surface area contributed by atoms with E-state index in [2.05, 4.69) is 9.97 Å². The van der Waals surface area contributed by atoms with Gasteiger partial charge in [0.25, 0.3) is 0 Å². The lowest BCUT2D eigenvalue weighted by atomic mass is 10.1. The molecule has 0 aliphatic rings. The zero-order valence-electron chi connectivity index (χ0n) is 14.2. The number of anilines is 1. The van der Waals surface area contributed by atoms with Gasteiger partial charge in [-0.1, -0.05) is 41.6 Å². The van der Waals surface area contributed by atoms with Crippen molar-refractivity contribution in [3.05, 3.63) is 46.6 Å². The zero-order valence-corrected chi connectivity index (χ0v) is 15.7. The maximum Gasteiger partial charge on any atom is 0.343 e. The lowest BCUT2D eigenvalue weighted by Crippen LogP contribution is -2.31. The molecular weight excluding hydrogens is 362 g/mol. The second kappa shape index (κ2) is 8.82. The molecule has 8 heteroatoms. The summed E-state index contributed by atoms with van der Waals surface area (Å²) in [7, 11) is 1.56. The monoisotopic (exact) mass is 379 g/mol. The van der Waals surface area contributed by atoms with E-state index in [-0.39, 0.29) is 30.3 Å². The molecule has 6 nitrogen and oxygen atoms in total. The highest BCUT2D eigenvalue weighted by Gasteiger charge is 2.23. The van der Waals surface area contributed by atoms with Crippen LogP contribution in [0.15, 0.2) is 35.6 Å². The van der Waals surface area contributed by atoms with Gasteiger partial charge in [0.2, 0.25) is 5.91 Å². The van der Waals surface area contributed by atoms with Crippen molar-refractivity contribution in [1.29, 1.82) is 0 Å². The van der Waals surface area contributed by atoms with Gasteiger partial charge in [-0.3, -0.25) is 9.69 Å². The molecule has 0 N–H and O–H groups in total. The summed E-state index contributed by atoms with van der Waals surface area (Å²) < 4.78 is 5.02. The molecule has 0 atom stereocenters. The molecule has 0 unspecified atom stereocenters. The quantitative estimate of drug-likeness (QED) is 0.436. The molecule has 2 aromatic rings. The number of hydrogen-bond donors (Lipinski definition) is 0. The second-order valence-corrected chi connectivity index (χ2v) is 6.22. The van der Waals surface area contributed by atoms with Crippen molar-refractivity contribution in [3.8, 4) is 0 Å². The van der Waals surface area contributed by atoms with Crippen LogP contribution >= 0.6 is 23.4 Å². The van der Waals surface area contributed by atoms with Crippen molar-refractivity contribution < 1.29 is 14.3 Å². The first-order valence-corrected chi connectivity index (χ1v) is 9.16. The van der Waals surface area contributed by atoms with E-state index >= 15 is 0 Å². The van der Waals surface area contributed by atoms with Crippen LogP contribution in [-0.2, 0) is 16.0 Å². The number of rotatable bonds is 6. The van der Waals surface area contributed by atoms with Crippen molar-refractivity contribution >= 4 is 41.1 Å². The van der Waals surface area contributed by atoms with E-state index in [1.54, 1.807) is 32.2 Å². The average Bonchev–Trinajstić information content (AvgIpc) is 2.62. The molecule has 1 aromatic heterocycles. The number of aromatic nitrogens is 2. The van der Waals surface area contributed by atoms with E-state index in [0.29, 0.717) is 15.7 Å². The Morgan fingerprint density at radius 3 is 2.68 bits per heavy atom. The predicted octanol–water partition coefficient (Wildman–Crippen LogP) is 3.23. The first kappa shape index (κ1) is 19.2. The first-order chi connectivity index (χ1) is 12.0. The summed E-state index contributed by atoms with van der Waals surface area (Å²) in [6.45, 7) is 1.93. The number of carbonyl (C=O) groups excluding carboxylic acids is 2. The van der Waals surface area contributed by atoms with Gasteiger partial charge in [-0.25, -0.2) is 14.8 Å². The average molecular weight is 380 g/mol. The normalized spacial score (nSPS) is 10.4. The number of ether oxygens (including phenoxy) is 1. The fraction of sp³-hybridized carbons (Fsp3) is 0.294. The Kier molecular flexibility index (Phi) is 6.78. The molecule has 1 amide bonds.